The minimum absolute atomic E-state index is 0.0712. The largest absolute Gasteiger partial charge is 0.411 e. The van der Waals surface area contributed by atoms with Gasteiger partial charge in [-0.15, -0.1) is 0 Å². The zero-order valence-corrected chi connectivity index (χ0v) is 16.2. The first-order valence-electron chi connectivity index (χ1n) is 8.53. The molecule has 2 rings (SSSR count). The molecule has 1 amide bonds. The second-order valence-corrected chi connectivity index (χ2v) is 7.03. The smallest absolute Gasteiger partial charge is 0.372 e. The van der Waals surface area contributed by atoms with Crippen LogP contribution in [0.5, 0.6) is 0 Å². The van der Waals surface area contributed by atoms with Crippen molar-refractivity contribution in [3.8, 4) is 0 Å². The molecular weight excluding hydrogens is 404 g/mol. The molecule has 1 heterocycles. The van der Waals surface area contributed by atoms with Crippen LogP contribution in [0.25, 0.3) is 6.08 Å². The molecule has 0 bridgehead atoms. The van der Waals surface area contributed by atoms with Crippen LogP contribution in [0.3, 0.4) is 0 Å². The number of hydrogen-bond acceptors (Lipinski definition) is 3. The summed E-state index contributed by atoms with van der Waals surface area (Å²) < 4.78 is 40.5. The van der Waals surface area contributed by atoms with Crippen molar-refractivity contribution in [2.45, 2.75) is 12.6 Å². The SMILES string of the molecule is O=C(/C=C/c1cc(Cl)ccc1Cl)N1CCN(CCCOCC(F)(F)F)CC1. The third kappa shape index (κ3) is 8.09. The predicted molar refractivity (Wildman–Crippen MR) is 100 cm³/mol. The summed E-state index contributed by atoms with van der Waals surface area (Å²) in [5.41, 5.74) is 0.676. The summed E-state index contributed by atoms with van der Waals surface area (Å²) in [5.74, 6) is -0.112. The van der Waals surface area contributed by atoms with Crippen molar-refractivity contribution < 1.29 is 22.7 Å². The Balaban J connectivity index is 1.69. The summed E-state index contributed by atoms with van der Waals surface area (Å²) in [7, 11) is 0. The van der Waals surface area contributed by atoms with Gasteiger partial charge in [0.25, 0.3) is 0 Å². The molecule has 0 aromatic heterocycles. The molecule has 0 radical (unpaired) electrons. The van der Waals surface area contributed by atoms with E-state index in [9.17, 15) is 18.0 Å². The van der Waals surface area contributed by atoms with Crippen molar-refractivity contribution in [1.82, 2.24) is 9.80 Å². The Bertz CT molecular complexity index is 660. The fourth-order valence-corrected chi connectivity index (χ4v) is 3.04. The third-order valence-electron chi connectivity index (χ3n) is 4.08. The van der Waals surface area contributed by atoms with Crippen molar-refractivity contribution in [2.75, 3.05) is 45.9 Å². The molecule has 0 saturated carbocycles. The number of halogens is 5. The highest BCUT2D eigenvalue weighted by Gasteiger charge is 2.27. The summed E-state index contributed by atoms with van der Waals surface area (Å²) in [6.07, 6.45) is -0.648. The fraction of sp³-hybridized carbons (Fsp3) is 0.500. The Morgan fingerprint density at radius 3 is 2.56 bits per heavy atom. The second kappa shape index (κ2) is 10.3. The summed E-state index contributed by atoms with van der Waals surface area (Å²) in [5, 5.41) is 1.06. The van der Waals surface area contributed by atoms with Gasteiger partial charge in [0.1, 0.15) is 6.61 Å². The van der Waals surface area contributed by atoms with Gasteiger partial charge in [0.15, 0.2) is 0 Å². The Morgan fingerprint density at radius 2 is 1.89 bits per heavy atom. The van der Waals surface area contributed by atoms with Crippen LogP contribution >= 0.6 is 23.2 Å². The van der Waals surface area contributed by atoms with Crippen LogP contribution in [-0.2, 0) is 9.53 Å². The molecule has 1 aromatic carbocycles. The summed E-state index contributed by atoms with van der Waals surface area (Å²) in [6, 6.07) is 5.04. The average molecular weight is 425 g/mol. The minimum Gasteiger partial charge on any atom is -0.372 e. The van der Waals surface area contributed by atoms with Crippen LogP contribution in [0.2, 0.25) is 10.0 Å². The number of amides is 1. The molecule has 1 saturated heterocycles. The van der Waals surface area contributed by atoms with E-state index in [4.69, 9.17) is 23.2 Å². The van der Waals surface area contributed by atoms with Gasteiger partial charge in [-0.2, -0.15) is 13.2 Å². The standard InChI is InChI=1S/C18H21Cl2F3N2O2/c19-15-3-4-16(20)14(12-15)2-5-17(26)25-9-7-24(8-10-25)6-1-11-27-13-18(21,22)23/h2-5,12H,1,6-11,13H2/b5-2+. The lowest BCUT2D eigenvalue weighted by molar-refractivity contribution is -0.174. The number of hydrogen-bond donors (Lipinski definition) is 0. The number of carbonyl (C=O) groups is 1. The van der Waals surface area contributed by atoms with E-state index in [0.717, 1.165) is 0 Å². The number of piperazine rings is 1. The zero-order chi connectivity index (χ0) is 19.9. The second-order valence-electron chi connectivity index (χ2n) is 6.19. The lowest BCUT2D eigenvalue weighted by Crippen LogP contribution is -2.48. The van der Waals surface area contributed by atoms with Gasteiger partial charge in [-0.05, 0) is 36.3 Å². The normalized spacial score (nSPS) is 16.3. The highest BCUT2D eigenvalue weighted by molar-refractivity contribution is 6.34. The molecule has 0 unspecified atom stereocenters. The summed E-state index contributed by atoms with van der Waals surface area (Å²) >= 11 is 12.0. The molecule has 9 heteroatoms. The number of alkyl halides is 3. The summed E-state index contributed by atoms with van der Waals surface area (Å²) in [4.78, 5) is 16.1. The van der Waals surface area contributed by atoms with Crippen molar-refractivity contribution in [1.29, 1.82) is 0 Å². The number of benzene rings is 1. The van der Waals surface area contributed by atoms with Crippen LogP contribution in [0, 0.1) is 0 Å². The van der Waals surface area contributed by atoms with E-state index in [2.05, 4.69) is 9.64 Å². The molecule has 150 valence electrons. The van der Waals surface area contributed by atoms with E-state index in [-0.39, 0.29) is 12.5 Å². The first-order valence-corrected chi connectivity index (χ1v) is 9.29. The molecule has 1 fully saturated rings. The third-order valence-corrected chi connectivity index (χ3v) is 4.66. The van der Waals surface area contributed by atoms with E-state index < -0.39 is 12.8 Å². The number of ether oxygens (including phenoxy) is 1. The van der Waals surface area contributed by atoms with Gasteiger partial charge < -0.3 is 9.64 Å². The predicted octanol–water partition coefficient (Wildman–Crippen LogP) is 4.12. The quantitative estimate of drug-likeness (QED) is 0.487. The highest BCUT2D eigenvalue weighted by Crippen LogP contribution is 2.22. The Kier molecular flexibility index (Phi) is 8.41. The topological polar surface area (TPSA) is 32.8 Å². The highest BCUT2D eigenvalue weighted by atomic mass is 35.5. The van der Waals surface area contributed by atoms with E-state index >= 15 is 0 Å². The lowest BCUT2D eigenvalue weighted by atomic mass is 10.2. The Morgan fingerprint density at radius 1 is 1.19 bits per heavy atom. The van der Waals surface area contributed by atoms with E-state index in [1.54, 1.807) is 29.2 Å². The van der Waals surface area contributed by atoms with Gasteiger partial charge in [-0.3, -0.25) is 9.69 Å². The number of rotatable bonds is 7. The average Bonchev–Trinajstić information content (AvgIpc) is 2.61. The minimum atomic E-state index is -4.28. The van der Waals surface area contributed by atoms with Gasteiger partial charge >= 0.3 is 6.18 Å². The van der Waals surface area contributed by atoms with Crippen LogP contribution in [0.1, 0.15) is 12.0 Å². The van der Waals surface area contributed by atoms with E-state index in [1.807, 2.05) is 0 Å². The number of carbonyl (C=O) groups excluding carboxylic acids is 1. The zero-order valence-electron chi connectivity index (χ0n) is 14.6. The maximum atomic E-state index is 12.3. The molecule has 27 heavy (non-hydrogen) atoms. The van der Waals surface area contributed by atoms with Crippen molar-refractivity contribution >= 4 is 35.2 Å². The first kappa shape index (κ1) is 22.0. The molecule has 0 N–H and O–H groups in total. The summed E-state index contributed by atoms with van der Waals surface area (Å²) in [6.45, 7) is 1.99. The maximum absolute atomic E-state index is 12.3. The number of nitrogens with zero attached hydrogens (tertiary/aromatic N) is 2. The molecule has 1 aromatic rings. The molecule has 0 spiro atoms. The van der Waals surface area contributed by atoms with E-state index in [0.29, 0.717) is 54.8 Å². The molecule has 0 aliphatic carbocycles. The van der Waals surface area contributed by atoms with Gasteiger partial charge in [0, 0.05) is 55.5 Å². The van der Waals surface area contributed by atoms with Gasteiger partial charge in [0.05, 0.1) is 0 Å². The molecule has 0 atom stereocenters. The van der Waals surface area contributed by atoms with E-state index in [1.165, 1.54) is 6.08 Å². The van der Waals surface area contributed by atoms with Crippen LogP contribution in [0.15, 0.2) is 24.3 Å². The van der Waals surface area contributed by atoms with Gasteiger partial charge in [-0.1, -0.05) is 23.2 Å². The van der Waals surface area contributed by atoms with Crippen LogP contribution in [-0.4, -0.2) is 67.8 Å². The Labute approximate surface area is 166 Å². The molecule has 4 nitrogen and oxygen atoms in total. The monoisotopic (exact) mass is 424 g/mol. The molecule has 1 aliphatic rings. The maximum Gasteiger partial charge on any atom is 0.411 e. The first-order chi connectivity index (χ1) is 12.7. The van der Waals surface area contributed by atoms with Crippen molar-refractivity contribution in [3.63, 3.8) is 0 Å². The van der Waals surface area contributed by atoms with Gasteiger partial charge in [0.2, 0.25) is 5.91 Å². The van der Waals surface area contributed by atoms with Crippen LogP contribution in [0.4, 0.5) is 13.2 Å². The Hall–Kier alpha value is -1.28. The molecular formula is C18H21Cl2F3N2O2. The molecule has 1 aliphatic heterocycles. The van der Waals surface area contributed by atoms with Gasteiger partial charge in [-0.25, -0.2) is 0 Å². The van der Waals surface area contributed by atoms with Crippen LogP contribution < -0.4 is 0 Å². The van der Waals surface area contributed by atoms with Crippen molar-refractivity contribution in [3.05, 3.63) is 39.9 Å². The fourth-order valence-electron chi connectivity index (χ4n) is 2.68. The lowest BCUT2D eigenvalue weighted by Gasteiger charge is -2.34. The van der Waals surface area contributed by atoms with Crippen molar-refractivity contribution in [2.24, 2.45) is 0 Å².